The first-order valence-electron chi connectivity index (χ1n) is 32.1. The molecule has 0 spiro atoms. The van der Waals surface area contributed by atoms with Crippen molar-refractivity contribution in [3.63, 3.8) is 0 Å². The largest absolute Gasteiger partial charge is 0.457 e. The molecule has 0 saturated heterocycles. The summed E-state index contributed by atoms with van der Waals surface area (Å²) in [5, 5.41) is 2.47. The van der Waals surface area contributed by atoms with Gasteiger partial charge in [-0.05, 0) is 169 Å². The minimum atomic E-state index is -0.415. The lowest BCUT2D eigenvalue weighted by atomic mass is 9.79. The van der Waals surface area contributed by atoms with Gasteiger partial charge >= 0.3 is 0 Å². The average Bonchev–Trinajstić information content (AvgIpc) is 1.84. The smallest absolute Gasteiger partial charge is 0.137 e. The first-order valence-corrected chi connectivity index (χ1v) is 29.6. The van der Waals surface area contributed by atoms with Crippen molar-refractivity contribution in [2.45, 2.75) is 118 Å². The van der Waals surface area contributed by atoms with Crippen molar-refractivity contribution in [3.05, 3.63) is 240 Å². The molecule has 9 aromatic carbocycles. The van der Waals surface area contributed by atoms with Gasteiger partial charge in [0.15, 0.2) is 0 Å². The van der Waals surface area contributed by atoms with Crippen molar-refractivity contribution in [1.82, 2.24) is 9.55 Å². The summed E-state index contributed by atoms with van der Waals surface area (Å²) in [4.78, 5) is 9.83. The van der Waals surface area contributed by atoms with Gasteiger partial charge in [0.1, 0.15) is 24.0 Å². The Morgan fingerprint density at radius 3 is 1.83 bits per heavy atom. The second-order valence-electron chi connectivity index (χ2n) is 25.5. The van der Waals surface area contributed by atoms with Gasteiger partial charge in [-0.3, -0.25) is 4.57 Å². The minimum absolute atomic E-state index is 0.0668. The molecular weight excluding hydrogens is 1010 g/mol. The van der Waals surface area contributed by atoms with Gasteiger partial charge in [-0.15, -0.1) is 0 Å². The number of ether oxygens (including phenoxy) is 1. The third kappa shape index (κ3) is 10.7. The molecule has 1 aliphatic heterocycles. The number of fused-ring (bicyclic) bond motifs is 4. The van der Waals surface area contributed by atoms with Crippen molar-refractivity contribution >= 4 is 44.6 Å². The SMILES string of the molecule is [2H]c1c([2H])c([2H])c(-c2cc(-c3cc(C(C)(C)C)cc(-c4cccc(-c5ccccc5)c4)c3N3CN(c4cccc(Oc5ccc6c7c(CCC)c(CCC)ccc7n(-c7cc(C(C)(C)C)ccn7)c6c5)c4)c4ccccc43)cc(C(C)(C)C)c2)c([2H])c1[2H]. The number of nitrogens with zero attached hydrogens (tertiary/aromatic N) is 4. The molecule has 0 amide bonds. The Morgan fingerprint density at radius 2 is 1.11 bits per heavy atom. The first kappa shape index (κ1) is 49.0. The molecular formula is C78H78N4O. The van der Waals surface area contributed by atoms with Crippen LogP contribution < -0.4 is 14.5 Å². The monoisotopic (exact) mass is 1090 g/mol. The molecule has 1 aliphatic rings. The summed E-state index contributed by atoms with van der Waals surface area (Å²) in [6.45, 7) is 24.9. The Morgan fingerprint density at radius 1 is 0.482 bits per heavy atom. The lowest BCUT2D eigenvalue weighted by Crippen LogP contribution is -2.25. The molecule has 0 N–H and O–H groups in total. The van der Waals surface area contributed by atoms with Gasteiger partial charge in [0.25, 0.3) is 0 Å². The Kier molecular flexibility index (Phi) is 12.9. The van der Waals surface area contributed by atoms with Gasteiger partial charge in [-0.2, -0.15) is 0 Å². The van der Waals surface area contributed by atoms with Crippen LogP contribution in [-0.2, 0) is 29.1 Å². The van der Waals surface area contributed by atoms with Crippen LogP contribution in [0.25, 0.3) is 72.1 Å². The molecule has 0 atom stereocenters. The Balaban J connectivity index is 1.02. The van der Waals surface area contributed by atoms with E-state index < -0.39 is 6.04 Å². The quantitative estimate of drug-likeness (QED) is 0.115. The number of benzene rings is 9. The van der Waals surface area contributed by atoms with Crippen LogP contribution in [0.2, 0.25) is 0 Å². The number of rotatable bonds is 13. The van der Waals surface area contributed by atoms with E-state index in [1.807, 2.05) is 30.5 Å². The minimum Gasteiger partial charge on any atom is -0.457 e. The van der Waals surface area contributed by atoms with Crippen molar-refractivity contribution in [2.24, 2.45) is 0 Å². The van der Waals surface area contributed by atoms with Crippen LogP contribution in [0.1, 0.15) is 124 Å². The third-order valence-corrected chi connectivity index (χ3v) is 16.5. The fourth-order valence-electron chi connectivity index (χ4n) is 12.1. The standard InChI is InChI=1S/C78H78N4O/c1-12-24-54-36-39-71-74(65(54)25-13-2)66-38-37-64(50-72(66)82(71)73-48-59(40-41-79-73)76(3,4)5)83-63-33-23-32-62(49-63)80-51-81(70-35-21-20-34-69(70)80)75-67(56-31-22-30-55(42-56)52-26-16-14-17-27-52)46-61(78(9,10)11)47-68(75)58-43-57(53-28-18-15-19-29-53)44-60(45-58)77(6,7)8/h14-23,26-50H,12-13,24-25,51H2,1-11H3/i15D,18D,19D,28D,29D. The van der Waals surface area contributed by atoms with Crippen molar-refractivity contribution in [3.8, 4) is 61.8 Å². The molecule has 0 radical (unpaired) electrons. The summed E-state index contributed by atoms with van der Waals surface area (Å²) in [5.74, 6) is 2.31. The predicted molar refractivity (Wildman–Crippen MR) is 353 cm³/mol. The lowest BCUT2D eigenvalue weighted by Gasteiger charge is -2.31. The maximum atomic E-state index is 9.23. The van der Waals surface area contributed by atoms with Crippen LogP contribution in [0.15, 0.2) is 212 Å². The van der Waals surface area contributed by atoms with Crippen LogP contribution in [0, 0.1) is 0 Å². The molecule has 0 saturated carbocycles. The number of hydrogen-bond acceptors (Lipinski definition) is 4. The van der Waals surface area contributed by atoms with Crippen LogP contribution in [-0.4, -0.2) is 16.2 Å². The Hall–Kier alpha value is -8.67. The van der Waals surface area contributed by atoms with E-state index in [1.54, 1.807) is 0 Å². The predicted octanol–water partition coefficient (Wildman–Crippen LogP) is 21.7. The van der Waals surface area contributed by atoms with Crippen LogP contribution in [0.3, 0.4) is 0 Å². The molecule has 5 heteroatoms. The van der Waals surface area contributed by atoms with Crippen LogP contribution in [0.4, 0.5) is 22.7 Å². The Labute approximate surface area is 499 Å². The summed E-state index contributed by atoms with van der Waals surface area (Å²) in [7, 11) is 0. The van der Waals surface area contributed by atoms with Gasteiger partial charge in [-0.25, -0.2) is 4.98 Å². The molecule has 0 aliphatic carbocycles. The molecule has 12 rings (SSSR count). The fourth-order valence-corrected chi connectivity index (χ4v) is 12.1. The summed E-state index contributed by atoms with van der Waals surface area (Å²) >= 11 is 0. The maximum Gasteiger partial charge on any atom is 0.137 e. The summed E-state index contributed by atoms with van der Waals surface area (Å²) < 4.78 is 53.9. The van der Waals surface area contributed by atoms with E-state index in [4.69, 9.17) is 13.8 Å². The van der Waals surface area contributed by atoms with E-state index in [0.717, 1.165) is 116 Å². The zero-order valence-corrected chi connectivity index (χ0v) is 50.1. The molecule has 0 fully saturated rings. The van der Waals surface area contributed by atoms with E-state index in [1.165, 1.54) is 27.5 Å². The zero-order valence-electron chi connectivity index (χ0n) is 55.1. The number of aromatic nitrogens is 2. The number of anilines is 4. The normalized spacial score (nSPS) is 13.7. The van der Waals surface area contributed by atoms with Crippen molar-refractivity contribution < 1.29 is 11.6 Å². The van der Waals surface area contributed by atoms with Crippen molar-refractivity contribution in [2.75, 3.05) is 16.5 Å². The first-order chi connectivity index (χ1) is 42.0. The Bertz CT molecular complexity index is 4480. The van der Waals surface area contributed by atoms with E-state index >= 15 is 0 Å². The molecule has 0 unspecified atom stereocenters. The highest BCUT2D eigenvalue weighted by Crippen LogP contribution is 2.53. The highest BCUT2D eigenvalue weighted by molar-refractivity contribution is 6.11. The number of hydrogen-bond donors (Lipinski definition) is 0. The maximum absolute atomic E-state index is 9.23. The zero-order chi connectivity index (χ0) is 62.1. The number of pyridine rings is 1. The van der Waals surface area contributed by atoms with Gasteiger partial charge in [0.05, 0.1) is 34.9 Å². The van der Waals surface area contributed by atoms with Gasteiger partial charge in [0.2, 0.25) is 0 Å². The van der Waals surface area contributed by atoms with E-state index in [-0.39, 0.29) is 46.0 Å². The average molecular weight is 1090 g/mol. The second-order valence-corrected chi connectivity index (χ2v) is 25.5. The number of para-hydroxylation sites is 2. The summed E-state index contributed by atoms with van der Waals surface area (Å²) in [5.41, 5.74) is 18.4. The van der Waals surface area contributed by atoms with Crippen LogP contribution >= 0.6 is 0 Å². The van der Waals surface area contributed by atoms with Gasteiger partial charge in [0, 0.05) is 45.9 Å². The second kappa shape index (κ2) is 21.9. The highest BCUT2D eigenvalue weighted by Gasteiger charge is 2.34. The van der Waals surface area contributed by atoms with Crippen LogP contribution in [0.5, 0.6) is 11.5 Å². The van der Waals surface area contributed by atoms with Crippen molar-refractivity contribution in [1.29, 1.82) is 0 Å². The molecule has 5 nitrogen and oxygen atoms in total. The topological polar surface area (TPSA) is 33.5 Å². The van der Waals surface area contributed by atoms with Gasteiger partial charge < -0.3 is 14.5 Å². The molecule has 0 bridgehead atoms. The van der Waals surface area contributed by atoms with E-state index in [0.29, 0.717) is 18.0 Å². The third-order valence-electron chi connectivity index (χ3n) is 16.5. The lowest BCUT2D eigenvalue weighted by molar-refractivity contribution is 0.483. The van der Waals surface area contributed by atoms with Gasteiger partial charge in [-0.1, -0.05) is 204 Å². The summed E-state index contributed by atoms with van der Waals surface area (Å²) in [6, 6.07) is 61.2. The number of aryl methyl sites for hydroxylation is 2. The summed E-state index contributed by atoms with van der Waals surface area (Å²) in [6.07, 6.45) is 6.09. The van der Waals surface area contributed by atoms with E-state index in [2.05, 4.69) is 242 Å². The molecule has 83 heavy (non-hydrogen) atoms. The van der Waals surface area contributed by atoms with E-state index in [9.17, 15) is 2.74 Å². The molecule has 11 aromatic rings. The molecule has 416 valence electrons. The molecule has 3 heterocycles. The highest BCUT2D eigenvalue weighted by atomic mass is 16.5. The fraction of sp³-hybridized carbons (Fsp3) is 0.244. The molecule has 2 aromatic heterocycles.